The van der Waals surface area contributed by atoms with Crippen molar-refractivity contribution < 1.29 is 4.74 Å². The van der Waals surface area contributed by atoms with Gasteiger partial charge < -0.3 is 10.1 Å². The Hall–Kier alpha value is -1.02. The zero-order chi connectivity index (χ0) is 13.1. The number of piperidine rings is 1. The molecule has 0 bridgehead atoms. The van der Waals surface area contributed by atoms with Crippen LogP contribution in [0, 0.1) is 5.41 Å². The van der Waals surface area contributed by atoms with Crippen LogP contribution in [-0.2, 0) is 12.8 Å². The van der Waals surface area contributed by atoms with E-state index in [9.17, 15) is 0 Å². The Kier molecular flexibility index (Phi) is 3.79. The minimum atomic E-state index is 0.348. The second-order valence-electron chi connectivity index (χ2n) is 6.49. The van der Waals surface area contributed by atoms with Crippen molar-refractivity contribution in [3.8, 4) is 5.75 Å². The Labute approximate surface area is 116 Å². The lowest BCUT2D eigenvalue weighted by molar-refractivity contribution is 0.123. The van der Waals surface area contributed by atoms with Crippen LogP contribution in [0.1, 0.15) is 43.7 Å². The first kappa shape index (κ1) is 13.0. The molecule has 19 heavy (non-hydrogen) atoms. The van der Waals surface area contributed by atoms with E-state index in [2.05, 4.69) is 30.4 Å². The number of ether oxygens (including phenoxy) is 1. The summed E-state index contributed by atoms with van der Waals surface area (Å²) in [5, 5.41) is 3.42. The van der Waals surface area contributed by atoms with Crippen LogP contribution in [0.4, 0.5) is 0 Å². The predicted octanol–water partition coefficient (Wildman–Crippen LogP) is 3.33. The Morgan fingerprint density at radius 2 is 1.84 bits per heavy atom. The summed E-state index contributed by atoms with van der Waals surface area (Å²) in [5.74, 6) is 1.07. The summed E-state index contributed by atoms with van der Waals surface area (Å²) in [6.07, 6.45) is 7.60. The molecule has 0 atom stereocenters. The molecule has 3 rings (SSSR count). The smallest absolute Gasteiger partial charge is 0.119 e. The number of rotatable bonds is 3. The maximum absolute atomic E-state index is 6.09. The van der Waals surface area contributed by atoms with Crippen LogP contribution in [0.2, 0.25) is 0 Å². The standard InChI is InChI=1S/C17H25NO/c1-17(8-10-18-11-9-17)13-19-16-7-6-14-4-2-3-5-15(14)12-16/h6-7,12,18H,2-5,8-11,13H2,1H3. The molecule has 2 heteroatoms. The van der Waals surface area contributed by atoms with Crippen LogP contribution in [0.15, 0.2) is 18.2 Å². The van der Waals surface area contributed by atoms with Gasteiger partial charge in [-0.05, 0) is 74.9 Å². The van der Waals surface area contributed by atoms with Gasteiger partial charge in [0, 0.05) is 5.41 Å². The van der Waals surface area contributed by atoms with Gasteiger partial charge in [0.25, 0.3) is 0 Å². The SMILES string of the molecule is CC1(COc2ccc3c(c2)CCCC3)CCNCC1. The summed E-state index contributed by atoms with van der Waals surface area (Å²) in [4.78, 5) is 0. The zero-order valence-corrected chi connectivity index (χ0v) is 12.0. The first-order chi connectivity index (χ1) is 9.25. The van der Waals surface area contributed by atoms with Crippen molar-refractivity contribution in [1.82, 2.24) is 5.32 Å². The molecule has 0 amide bonds. The number of hydrogen-bond donors (Lipinski definition) is 1. The molecule has 0 radical (unpaired) electrons. The molecule has 0 unspecified atom stereocenters. The fourth-order valence-corrected chi connectivity index (χ4v) is 3.23. The first-order valence-electron chi connectivity index (χ1n) is 7.71. The second-order valence-corrected chi connectivity index (χ2v) is 6.49. The number of hydrogen-bond acceptors (Lipinski definition) is 2. The quantitative estimate of drug-likeness (QED) is 0.899. The Morgan fingerprint density at radius 3 is 2.63 bits per heavy atom. The molecule has 1 fully saturated rings. The molecule has 1 aromatic rings. The van der Waals surface area contributed by atoms with Crippen molar-refractivity contribution in [1.29, 1.82) is 0 Å². The molecule has 1 aliphatic carbocycles. The van der Waals surface area contributed by atoms with Crippen LogP contribution >= 0.6 is 0 Å². The molecule has 0 spiro atoms. The van der Waals surface area contributed by atoms with E-state index in [4.69, 9.17) is 4.74 Å². The van der Waals surface area contributed by atoms with Gasteiger partial charge in [0.2, 0.25) is 0 Å². The van der Waals surface area contributed by atoms with E-state index in [0.717, 1.165) is 25.4 Å². The van der Waals surface area contributed by atoms with Gasteiger partial charge in [-0.1, -0.05) is 13.0 Å². The second kappa shape index (κ2) is 5.54. The highest BCUT2D eigenvalue weighted by molar-refractivity contribution is 5.37. The van der Waals surface area contributed by atoms with E-state index < -0.39 is 0 Å². The maximum atomic E-state index is 6.09. The fraction of sp³-hybridized carbons (Fsp3) is 0.647. The summed E-state index contributed by atoms with van der Waals surface area (Å²) >= 11 is 0. The van der Waals surface area contributed by atoms with Gasteiger partial charge in [0.15, 0.2) is 0 Å². The van der Waals surface area contributed by atoms with Gasteiger partial charge in [-0.2, -0.15) is 0 Å². The zero-order valence-electron chi connectivity index (χ0n) is 12.0. The highest BCUT2D eigenvalue weighted by Crippen LogP contribution is 2.30. The lowest BCUT2D eigenvalue weighted by Gasteiger charge is -2.33. The molecule has 2 aliphatic rings. The topological polar surface area (TPSA) is 21.3 Å². The van der Waals surface area contributed by atoms with Gasteiger partial charge in [0.05, 0.1) is 6.61 Å². The molecular weight excluding hydrogens is 234 g/mol. The average Bonchev–Trinajstić information content (AvgIpc) is 2.46. The number of benzene rings is 1. The molecule has 1 saturated heterocycles. The Bertz CT molecular complexity index is 435. The van der Waals surface area contributed by atoms with Crippen molar-refractivity contribution in [2.75, 3.05) is 19.7 Å². The van der Waals surface area contributed by atoms with Gasteiger partial charge in [0.1, 0.15) is 5.75 Å². The number of aryl methyl sites for hydroxylation is 2. The molecule has 1 heterocycles. The van der Waals surface area contributed by atoms with Crippen molar-refractivity contribution in [2.45, 2.75) is 45.4 Å². The molecular formula is C17H25NO. The van der Waals surface area contributed by atoms with E-state index >= 15 is 0 Å². The van der Waals surface area contributed by atoms with Gasteiger partial charge in [-0.3, -0.25) is 0 Å². The monoisotopic (exact) mass is 259 g/mol. The molecule has 104 valence electrons. The lowest BCUT2D eigenvalue weighted by Crippen LogP contribution is -2.38. The number of nitrogens with one attached hydrogen (secondary N) is 1. The average molecular weight is 259 g/mol. The highest BCUT2D eigenvalue weighted by Gasteiger charge is 2.27. The number of fused-ring (bicyclic) bond motifs is 1. The summed E-state index contributed by atoms with van der Waals surface area (Å²) < 4.78 is 6.09. The van der Waals surface area contributed by atoms with Crippen molar-refractivity contribution in [3.05, 3.63) is 29.3 Å². The largest absolute Gasteiger partial charge is 0.493 e. The summed E-state index contributed by atoms with van der Waals surface area (Å²) in [6, 6.07) is 6.71. The molecule has 1 aliphatic heterocycles. The van der Waals surface area contributed by atoms with Crippen LogP contribution in [0.3, 0.4) is 0 Å². The van der Waals surface area contributed by atoms with Gasteiger partial charge in [-0.25, -0.2) is 0 Å². The maximum Gasteiger partial charge on any atom is 0.119 e. The molecule has 0 aromatic heterocycles. The summed E-state index contributed by atoms with van der Waals surface area (Å²) in [5.41, 5.74) is 3.40. The van der Waals surface area contributed by atoms with E-state index in [1.54, 1.807) is 0 Å². The molecule has 2 nitrogen and oxygen atoms in total. The summed E-state index contributed by atoms with van der Waals surface area (Å²) in [6.45, 7) is 5.47. The van der Waals surface area contributed by atoms with Gasteiger partial charge >= 0.3 is 0 Å². The van der Waals surface area contributed by atoms with Crippen LogP contribution in [0.5, 0.6) is 5.75 Å². The fourth-order valence-electron chi connectivity index (χ4n) is 3.23. The van der Waals surface area contributed by atoms with Gasteiger partial charge in [-0.15, -0.1) is 0 Å². The first-order valence-corrected chi connectivity index (χ1v) is 7.71. The van der Waals surface area contributed by atoms with Crippen molar-refractivity contribution in [2.24, 2.45) is 5.41 Å². The third-order valence-electron chi connectivity index (χ3n) is 4.72. The minimum absolute atomic E-state index is 0.348. The van der Waals surface area contributed by atoms with E-state index in [0.29, 0.717) is 5.41 Å². The third kappa shape index (κ3) is 3.11. The molecule has 1 aromatic carbocycles. The third-order valence-corrected chi connectivity index (χ3v) is 4.72. The van der Waals surface area contributed by atoms with Crippen molar-refractivity contribution in [3.63, 3.8) is 0 Å². The van der Waals surface area contributed by atoms with E-state index in [1.807, 2.05) is 0 Å². The van der Waals surface area contributed by atoms with Crippen LogP contribution < -0.4 is 10.1 Å². The van der Waals surface area contributed by atoms with Crippen LogP contribution in [0.25, 0.3) is 0 Å². The lowest BCUT2D eigenvalue weighted by atomic mass is 9.82. The normalized spacial score (nSPS) is 21.7. The van der Waals surface area contributed by atoms with E-state index in [-0.39, 0.29) is 0 Å². The van der Waals surface area contributed by atoms with Crippen molar-refractivity contribution >= 4 is 0 Å². The predicted molar refractivity (Wildman–Crippen MR) is 78.8 cm³/mol. The van der Waals surface area contributed by atoms with E-state index in [1.165, 1.54) is 49.7 Å². The Balaban J connectivity index is 1.63. The minimum Gasteiger partial charge on any atom is -0.493 e. The Morgan fingerprint density at radius 1 is 1.11 bits per heavy atom. The molecule has 1 N–H and O–H groups in total. The molecule has 0 saturated carbocycles. The highest BCUT2D eigenvalue weighted by atomic mass is 16.5. The van der Waals surface area contributed by atoms with Crippen LogP contribution in [-0.4, -0.2) is 19.7 Å². The summed E-state index contributed by atoms with van der Waals surface area (Å²) in [7, 11) is 0.